The second kappa shape index (κ2) is 5.96. The monoisotopic (exact) mass is 234 g/mol. The summed E-state index contributed by atoms with van der Waals surface area (Å²) >= 11 is 0. The van der Waals surface area contributed by atoms with Crippen LogP contribution in [0.1, 0.15) is 26.7 Å². The fourth-order valence-corrected chi connectivity index (χ4v) is 2.47. The average Bonchev–Trinajstić information content (AvgIpc) is 2.38. The summed E-state index contributed by atoms with van der Waals surface area (Å²) in [5.74, 6) is 0.676. The molecule has 1 fully saturated rings. The van der Waals surface area contributed by atoms with Gasteiger partial charge in [0.15, 0.2) is 0 Å². The van der Waals surface area contributed by atoms with Crippen LogP contribution in [0.2, 0.25) is 0 Å². The molecule has 17 heavy (non-hydrogen) atoms. The number of hydrogen-bond acceptors (Lipinski definition) is 4. The van der Waals surface area contributed by atoms with Gasteiger partial charge in [0.2, 0.25) is 0 Å². The molecule has 0 aromatic carbocycles. The molecule has 4 nitrogen and oxygen atoms in total. The van der Waals surface area contributed by atoms with Crippen molar-refractivity contribution < 1.29 is 0 Å². The molecule has 1 aromatic rings. The van der Waals surface area contributed by atoms with E-state index in [0.717, 1.165) is 25.3 Å². The Hall–Kier alpha value is -1.16. The van der Waals surface area contributed by atoms with Crippen molar-refractivity contribution in [2.75, 3.05) is 24.5 Å². The third kappa shape index (κ3) is 3.16. The number of nitrogens with one attached hydrogen (secondary N) is 1. The molecule has 0 bridgehead atoms. The third-order valence-electron chi connectivity index (χ3n) is 3.47. The zero-order valence-electron chi connectivity index (χ0n) is 10.8. The van der Waals surface area contributed by atoms with Crippen molar-refractivity contribution in [2.24, 2.45) is 5.92 Å². The highest BCUT2D eigenvalue weighted by Gasteiger charge is 2.25. The van der Waals surface area contributed by atoms with Crippen LogP contribution in [0.15, 0.2) is 18.7 Å². The van der Waals surface area contributed by atoms with E-state index < -0.39 is 0 Å². The molecule has 4 heteroatoms. The highest BCUT2D eigenvalue weighted by Crippen LogP contribution is 2.21. The summed E-state index contributed by atoms with van der Waals surface area (Å²) in [5, 5.41) is 3.64. The fourth-order valence-electron chi connectivity index (χ4n) is 2.47. The van der Waals surface area contributed by atoms with Gasteiger partial charge in [-0.3, -0.25) is 0 Å². The van der Waals surface area contributed by atoms with Crippen LogP contribution in [0.3, 0.4) is 0 Å². The molecule has 2 heterocycles. The van der Waals surface area contributed by atoms with Crippen LogP contribution < -0.4 is 10.2 Å². The zero-order chi connectivity index (χ0) is 12.1. The third-order valence-corrected chi connectivity index (χ3v) is 3.47. The van der Waals surface area contributed by atoms with Crippen LogP contribution >= 0.6 is 0 Å². The van der Waals surface area contributed by atoms with Gasteiger partial charge in [-0.15, -0.1) is 0 Å². The summed E-state index contributed by atoms with van der Waals surface area (Å²) in [6.45, 7) is 7.86. The van der Waals surface area contributed by atoms with E-state index in [1.54, 1.807) is 6.33 Å². The second-order valence-corrected chi connectivity index (χ2v) is 4.87. The Morgan fingerprint density at radius 3 is 2.82 bits per heavy atom. The van der Waals surface area contributed by atoms with E-state index in [4.69, 9.17) is 0 Å². The SMILES string of the molecule is CCCNC1CCN(c2cncnc2)CC1C. The van der Waals surface area contributed by atoms with Crippen LogP contribution in [0.25, 0.3) is 0 Å². The van der Waals surface area contributed by atoms with Gasteiger partial charge in [-0.05, 0) is 25.3 Å². The van der Waals surface area contributed by atoms with Crippen molar-refractivity contribution in [3.63, 3.8) is 0 Å². The zero-order valence-corrected chi connectivity index (χ0v) is 10.8. The van der Waals surface area contributed by atoms with Crippen LogP contribution in [-0.2, 0) is 0 Å². The van der Waals surface area contributed by atoms with E-state index in [1.807, 2.05) is 12.4 Å². The molecule has 0 aliphatic carbocycles. The summed E-state index contributed by atoms with van der Waals surface area (Å²) in [6.07, 6.45) is 7.80. The molecule has 1 aromatic heterocycles. The van der Waals surface area contributed by atoms with E-state index in [-0.39, 0.29) is 0 Å². The lowest BCUT2D eigenvalue weighted by atomic mass is 9.93. The predicted octanol–water partition coefficient (Wildman–Crippen LogP) is 1.69. The van der Waals surface area contributed by atoms with E-state index in [2.05, 4.69) is 34.0 Å². The maximum atomic E-state index is 4.09. The van der Waals surface area contributed by atoms with Crippen LogP contribution in [-0.4, -0.2) is 35.6 Å². The van der Waals surface area contributed by atoms with Gasteiger partial charge >= 0.3 is 0 Å². The smallest absolute Gasteiger partial charge is 0.115 e. The number of rotatable bonds is 4. The highest BCUT2D eigenvalue weighted by atomic mass is 15.2. The Kier molecular flexibility index (Phi) is 4.31. The molecule has 1 aliphatic heterocycles. The van der Waals surface area contributed by atoms with Crippen molar-refractivity contribution in [1.29, 1.82) is 0 Å². The Bertz CT molecular complexity index is 327. The van der Waals surface area contributed by atoms with Crippen LogP contribution in [0.4, 0.5) is 5.69 Å². The summed E-state index contributed by atoms with van der Waals surface area (Å²) in [7, 11) is 0. The molecule has 0 radical (unpaired) electrons. The molecule has 0 amide bonds. The molecule has 94 valence electrons. The molecule has 0 saturated carbocycles. The lowest BCUT2D eigenvalue weighted by Gasteiger charge is -2.38. The van der Waals surface area contributed by atoms with Crippen molar-refractivity contribution in [1.82, 2.24) is 15.3 Å². The van der Waals surface area contributed by atoms with E-state index in [0.29, 0.717) is 12.0 Å². The first-order valence-electron chi connectivity index (χ1n) is 6.54. The molecule has 2 unspecified atom stereocenters. The summed E-state index contributed by atoms with van der Waals surface area (Å²) in [5.41, 5.74) is 1.15. The Morgan fingerprint density at radius 1 is 1.41 bits per heavy atom. The minimum absolute atomic E-state index is 0.663. The lowest BCUT2D eigenvalue weighted by molar-refractivity contribution is 0.322. The first kappa shape index (κ1) is 12.3. The molecular weight excluding hydrogens is 212 g/mol. The fraction of sp³-hybridized carbons (Fsp3) is 0.692. The summed E-state index contributed by atoms with van der Waals surface area (Å²) in [6, 6.07) is 0.663. The molecular formula is C13H22N4. The second-order valence-electron chi connectivity index (χ2n) is 4.87. The van der Waals surface area contributed by atoms with Gasteiger partial charge < -0.3 is 10.2 Å². The Labute approximate surface area is 103 Å². The normalized spacial score (nSPS) is 24.9. The van der Waals surface area contributed by atoms with Crippen LogP contribution in [0, 0.1) is 5.92 Å². The standard InChI is InChI=1S/C13H22N4/c1-3-5-16-13-4-6-17(9-11(13)2)12-7-14-10-15-8-12/h7-8,10-11,13,16H,3-6,9H2,1-2H3. The molecule has 1 aliphatic rings. The van der Waals surface area contributed by atoms with Gasteiger partial charge in [-0.2, -0.15) is 0 Å². The average molecular weight is 234 g/mol. The van der Waals surface area contributed by atoms with Gasteiger partial charge in [0.25, 0.3) is 0 Å². The Balaban J connectivity index is 1.91. The van der Waals surface area contributed by atoms with E-state index >= 15 is 0 Å². The van der Waals surface area contributed by atoms with Gasteiger partial charge in [-0.25, -0.2) is 9.97 Å². The molecule has 2 atom stereocenters. The first-order valence-corrected chi connectivity index (χ1v) is 6.54. The maximum Gasteiger partial charge on any atom is 0.115 e. The van der Waals surface area contributed by atoms with Gasteiger partial charge in [0.05, 0.1) is 18.1 Å². The molecule has 0 spiro atoms. The number of hydrogen-bond donors (Lipinski definition) is 1. The first-order chi connectivity index (χ1) is 8.31. The van der Waals surface area contributed by atoms with Gasteiger partial charge in [0, 0.05) is 19.1 Å². The minimum Gasteiger partial charge on any atom is -0.369 e. The lowest BCUT2D eigenvalue weighted by Crippen LogP contribution is -2.48. The van der Waals surface area contributed by atoms with Crippen molar-refractivity contribution in [3.05, 3.63) is 18.7 Å². The topological polar surface area (TPSA) is 41.0 Å². The molecule has 1 N–H and O–H groups in total. The minimum atomic E-state index is 0.663. The maximum absolute atomic E-state index is 4.09. The quantitative estimate of drug-likeness (QED) is 0.861. The van der Waals surface area contributed by atoms with E-state index in [9.17, 15) is 0 Å². The summed E-state index contributed by atoms with van der Waals surface area (Å²) < 4.78 is 0. The van der Waals surface area contributed by atoms with Gasteiger partial charge in [-0.1, -0.05) is 13.8 Å². The van der Waals surface area contributed by atoms with Crippen molar-refractivity contribution >= 4 is 5.69 Å². The summed E-state index contributed by atoms with van der Waals surface area (Å²) in [4.78, 5) is 10.6. The van der Waals surface area contributed by atoms with Gasteiger partial charge in [0.1, 0.15) is 6.33 Å². The van der Waals surface area contributed by atoms with Crippen LogP contribution in [0.5, 0.6) is 0 Å². The van der Waals surface area contributed by atoms with Crippen molar-refractivity contribution in [2.45, 2.75) is 32.7 Å². The number of piperidine rings is 1. The highest BCUT2D eigenvalue weighted by molar-refractivity contribution is 5.42. The van der Waals surface area contributed by atoms with Crippen molar-refractivity contribution in [3.8, 4) is 0 Å². The number of anilines is 1. The largest absolute Gasteiger partial charge is 0.369 e. The van der Waals surface area contributed by atoms with E-state index in [1.165, 1.54) is 12.8 Å². The predicted molar refractivity (Wildman–Crippen MR) is 70.1 cm³/mol. The molecule has 1 saturated heterocycles. The number of nitrogens with zero attached hydrogens (tertiary/aromatic N) is 3. The number of aromatic nitrogens is 2. The Morgan fingerprint density at radius 2 is 2.18 bits per heavy atom. The molecule has 2 rings (SSSR count).